The fourth-order valence-corrected chi connectivity index (χ4v) is 3.35. The highest BCUT2D eigenvalue weighted by atomic mass is 19.1. The normalized spacial score (nSPS) is 15.7. The van der Waals surface area contributed by atoms with Crippen molar-refractivity contribution in [3.63, 3.8) is 0 Å². The second kappa shape index (κ2) is 18.7. The maximum absolute atomic E-state index is 13.6. The van der Waals surface area contributed by atoms with Gasteiger partial charge in [0.15, 0.2) is 6.29 Å². The molecule has 0 N–H and O–H groups in total. The number of amidine groups is 1. The SMILES string of the molecule is C.C=NOC(=NCC(C)C)N1CCC(N(C)CCOc2ccc(C=O)c(F)c2)CC1.CC.CC1CC1. The van der Waals surface area contributed by atoms with Gasteiger partial charge in [-0.3, -0.25) is 9.69 Å². The van der Waals surface area contributed by atoms with Crippen LogP contribution in [-0.2, 0) is 4.84 Å². The number of carbonyl (C=O) groups excluding carboxylic acids is 1. The van der Waals surface area contributed by atoms with Crippen LogP contribution in [0.5, 0.6) is 5.75 Å². The largest absolute Gasteiger partial charge is 0.492 e. The number of halogens is 1. The lowest BCUT2D eigenvalue weighted by molar-refractivity contribution is 0.111. The van der Waals surface area contributed by atoms with Crippen LogP contribution in [-0.4, -0.2) is 74.7 Å². The number of carbonyl (C=O) groups is 1. The molecule has 206 valence electrons. The number of aliphatic imine (C=N–C) groups is 1. The van der Waals surface area contributed by atoms with E-state index in [4.69, 9.17) is 9.57 Å². The van der Waals surface area contributed by atoms with Crippen molar-refractivity contribution in [3.8, 4) is 5.75 Å². The molecule has 2 aliphatic rings. The van der Waals surface area contributed by atoms with E-state index in [0.717, 1.165) is 38.4 Å². The summed E-state index contributed by atoms with van der Waals surface area (Å²) in [7, 11) is 2.06. The molecule has 0 spiro atoms. The minimum absolute atomic E-state index is 0. The van der Waals surface area contributed by atoms with Crippen molar-refractivity contribution in [1.29, 1.82) is 0 Å². The Morgan fingerprint density at radius 3 is 2.33 bits per heavy atom. The molecule has 0 radical (unpaired) electrons. The average molecular weight is 509 g/mol. The Kier molecular flexibility index (Phi) is 17.5. The number of hydrogen-bond acceptors (Lipinski definition) is 6. The summed E-state index contributed by atoms with van der Waals surface area (Å²) in [6.07, 6.45) is 5.41. The number of piperidine rings is 1. The van der Waals surface area contributed by atoms with E-state index in [0.29, 0.717) is 43.2 Å². The van der Waals surface area contributed by atoms with Crippen LogP contribution in [0.25, 0.3) is 0 Å². The Labute approximate surface area is 218 Å². The molecule has 1 aliphatic carbocycles. The van der Waals surface area contributed by atoms with E-state index in [-0.39, 0.29) is 13.0 Å². The van der Waals surface area contributed by atoms with E-state index in [2.05, 4.69) is 54.5 Å². The number of rotatable bonds is 9. The van der Waals surface area contributed by atoms with Gasteiger partial charge in [0.05, 0.1) is 5.56 Å². The third-order valence-electron chi connectivity index (χ3n) is 5.77. The topological polar surface area (TPSA) is 66.7 Å². The first-order valence-electron chi connectivity index (χ1n) is 12.8. The average Bonchev–Trinajstić information content (AvgIpc) is 3.65. The molecule has 3 rings (SSSR count). The second-order valence-electron chi connectivity index (χ2n) is 9.27. The molecule has 1 aliphatic heterocycles. The van der Waals surface area contributed by atoms with Crippen LogP contribution >= 0.6 is 0 Å². The molecule has 8 heteroatoms. The summed E-state index contributed by atoms with van der Waals surface area (Å²) >= 11 is 0. The van der Waals surface area contributed by atoms with Crippen molar-refractivity contribution >= 4 is 19.0 Å². The van der Waals surface area contributed by atoms with Crippen LogP contribution in [0.15, 0.2) is 28.3 Å². The van der Waals surface area contributed by atoms with Crippen molar-refractivity contribution < 1.29 is 18.8 Å². The van der Waals surface area contributed by atoms with Gasteiger partial charge >= 0.3 is 6.02 Å². The number of aldehydes is 1. The van der Waals surface area contributed by atoms with Gasteiger partial charge in [0, 0.05) is 45.0 Å². The van der Waals surface area contributed by atoms with Gasteiger partial charge in [-0.2, -0.15) is 0 Å². The molecule has 1 saturated carbocycles. The zero-order valence-corrected chi connectivity index (χ0v) is 22.5. The molecule has 1 saturated heterocycles. The van der Waals surface area contributed by atoms with Gasteiger partial charge in [-0.05, 0) is 43.9 Å². The fourth-order valence-electron chi connectivity index (χ4n) is 3.35. The van der Waals surface area contributed by atoms with Crippen LogP contribution in [0.3, 0.4) is 0 Å². The predicted octanol–water partition coefficient (Wildman–Crippen LogP) is 6.14. The van der Waals surface area contributed by atoms with E-state index in [1.165, 1.54) is 25.0 Å². The summed E-state index contributed by atoms with van der Waals surface area (Å²) in [4.78, 5) is 24.8. The summed E-state index contributed by atoms with van der Waals surface area (Å²) in [5.74, 6) is 1.39. The van der Waals surface area contributed by atoms with E-state index in [9.17, 15) is 9.18 Å². The van der Waals surface area contributed by atoms with E-state index in [1.807, 2.05) is 13.8 Å². The highest BCUT2D eigenvalue weighted by Gasteiger charge is 2.25. The Hall–Kier alpha value is -2.48. The van der Waals surface area contributed by atoms with E-state index >= 15 is 0 Å². The molecular formula is C28H49FN4O3. The van der Waals surface area contributed by atoms with Crippen LogP contribution < -0.4 is 4.74 Å². The summed E-state index contributed by atoms with van der Waals surface area (Å²) < 4.78 is 19.3. The number of nitrogens with zero attached hydrogens (tertiary/aromatic N) is 4. The first-order valence-corrected chi connectivity index (χ1v) is 12.8. The maximum atomic E-state index is 13.6. The molecule has 1 aromatic rings. The molecule has 36 heavy (non-hydrogen) atoms. The number of ether oxygens (including phenoxy) is 1. The second-order valence-corrected chi connectivity index (χ2v) is 9.27. The van der Waals surface area contributed by atoms with Gasteiger partial charge in [0.25, 0.3) is 0 Å². The standard InChI is InChI=1S/C21H31FN4O3.C4H8.C2H6.CH4/c1-16(2)14-24-21(29-23-3)26-9-7-18(8-10-26)25(4)11-12-28-19-6-5-17(15-27)20(22)13-19;1-4-2-3-4;1-2;/h5-6,13,15-16,18H,3,7-12,14H2,1-2,4H3;4H,2-3H2,1H3;1-2H3;1H4. The van der Waals surface area contributed by atoms with Gasteiger partial charge < -0.3 is 14.5 Å². The van der Waals surface area contributed by atoms with Gasteiger partial charge in [0.1, 0.15) is 18.2 Å². The van der Waals surface area contributed by atoms with Crippen LogP contribution in [0, 0.1) is 17.7 Å². The molecule has 7 nitrogen and oxygen atoms in total. The minimum atomic E-state index is -0.565. The van der Waals surface area contributed by atoms with Crippen molar-refractivity contribution in [3.05, 3.63) is 29.6 Å². The van der Waals surface area contributed by atoms with E-state index in [1.54, 1.807) is 6.07 Å². The molecule has 0 amide bonds. The smallest absolute Gasteiger partial charge is 0.317 e. The predicted molar refractivity (Wildman–Crippen MR) is 149 cm³/mol. The minimum Gasteiger partial charge on any atom is -0.492 e. The lowest BCUT2D eigenvalue weighted by Crippen LogP contribution is -2.46. The number of oxime groups is 1. The Bertz CT molecular complexity index is 776. The molecule has 0 aromatic heterocycles. The zero-order valence-electron chi connectivity index (χ0n) is 22.5. The lowest BCUT2D eigenvalue weighted by atomic mass is 10.0. The summed E-state index contributed by atoms with van der Waals surface area (Å²) in [5.41, 5.74) is 0.0353. The highest BCUT2D eigenvalue weighted by Crippen LogP contribution is 2.26. The molecule has 1 heterocycles. The Morgan fingerprint density at radius 2 is 1.86 bits per heavy atom. The number of likely N-dealkylation sites (tertiary alicyclic amines) is 1. The van der Waals surface area contributed by atoms with Gasteiger partial charge in [-0.25, -0.2) is 9.38 Å². The van der Waals surface area contributed by atoms with Gasteiger partial charge in [0.2, 0.25) is 0 Å². The summed E-state index contributed by atoms with van der Waals surface area (Å²) in [6, 6.07) is 5.24. The molecule has 0 atom stereocenters. The molecule has 0 unspecified atom stereocenters. The summed E-state index contributed by atoms with van der Waals surface area (Å²) in [6.45, 7) is 17.4. The third kappa shape index (κ3) is 13.0. The zero-order chi connectivity index (χ0) is 26.2. The number of benzene rings is 1. The maximum Gasteiger partial charge on any atom is 0.317 e. The highest BCUT2D eigenvalue weighted by molar-refractivity contribution is 5.75. The molecule has 1 aromatic carbocycles. The lowest BCUT2D eigenvalue weighted by Gasteiger charge is -2.37. The fraction of sp³-hybridized carbons (Fsp3) is 0.679. The number of hydrogen-bond donors (Lipinski definition) is 0. The van der Waals surface area contributed by atoms with Crippen molar-refractivity contribution in [2.75, 3.05) is 39.8 Å². The van der Waals surface area contributed by atoms with Gasteiger partial charge in [-0.15, -0.1) is 0 Å². The van der Waals surface area contributed by atoms with Crippen molar-refractivity contribution in [1.82, 2.24) is 9.80 Å². The van der Waals surface area contributed by atoms with Crippen LogP contribution in [0.1, 0.15) is 78.1 Å². The van der Waals surface area contributed by atoms with Gasteiger partial charge in [-0.1, -0.05) is 60.0 Å². The first kappa shape index (κ1) is 33.5. The monoisotopic (exact) mass is 508 g/mol. The summed E-state index contributed by atoms with van der Waals surface area (Å²) in [5, 5.41) is 3.53. The number of likely N-dealkylation sites (N-methyl/N-ethyl adjacent to an activating group) is 1. The van der Waals surface area contributed by atoms with Crippen molar-refractivity contribution in [2.45, 2.75) is 73.8 Å². The van der Waals surface area contributed by atoms with Crippen LogP contribution in [0.4, 0.5) is 4.39 Å². The van der Waals surface area contributed by atoms with Crippen LogP contribution in [0.2, 0.25) is 0 Å². The first-order chi connectivity index (χ1) is 16.8. The Morgan fingerprint density at radius 1 is 1.25 bits per heavy atom. The molecule has 0 bridgehead atoms. The Balaban J connectivity index is 0.00000155. The van der Waals surface area contributed by atoms with E-state index < -0.39 is 5.82 Å². The molecule has 2 fully saturated rings. The third-order valence-corrected chi connectivity index (χ3v) is 5.77. The molecular weight excluding hydrogens is 459 g/mol. The van der Waals surface area contributed by atoms with Crippen molar-refractivity contribution in [2.24, 2.45) is 22.0 Å². The quantitative estimate of drug-likeness (QED) is 0.174.